The highest BCUT2D eigenvalue weighted by Gasteiger charge is 2.16. The summed E-state index contributed by atoms with van der Waals surface area (Å²) in [6, 6.07) is 23.0. The highest BCUT2D eigenvalue weighted by atomic mass is 32.1. The van der Waals surface area contributed by atoms with Crippen LogP contribution in [0.2, 0.25) is 0 Å². The van der Waals surface area contributed by atoms with Gasteiger partial charge in [0.1, 0.15) is 11.4 Å². The summed E-state index contributed by atoms with van der Waals surface area (Å²) in [6.45, 7) is 0.538. The third-order valence-corrected chi connectivity index (χ3v) is 5.34. The smallest absolute Gasteiger partial charge is 0.364 e. The Kier molecular flexibility index (Phi) is 6.44. The van der Waals surface area contributed by atoms with Crippen LogP contribution in [0.1, 0.15) is 4.88 Å². The third-order valence-electron chi connectivity index (χ3n) is 4.49. The monoisotopic (exact) mass is 419 g/mol. The van der Waals surface area contributed by atoms with E-state index < -0.39 is 11.8 Å². The highest BCUT2D eigenvalue weighted by Crippen LogP contribution is 2.27. The molecule has 6 nitrogen and oxygen atoms in total. The minimum atomic E-state index is -0.872. The Morgan fingerprint density at radius 1 is 0.933 bits per heavy atom. The van der Waals surface area contributed by atoms with Crippen molar-refractivity contribution < 1.29 is 9.84 Å². The number of nitrogens with zero attached hydrogens (tertiary/aromatic N) is 3. The van der Waals surface area contributed by atoms with Crippen molar-refractivity contribution in [3.8, 4) is 22.5 Å². The molecule has 2 aromatic heterocycles. The second-order valence-electron chi connectivity index (χ2n) is 6.75. The maximum absolute atomic E-state index is 12.6. The van der Waals surface area contributed by atoms with Gasteiger partial charge in [-0.1, -0.05) is 66.7 Å². The maximum Gasteiger partial charge on any atom is 0.364 e. The number of aliphatic hydroxyl groups excluding tert-OH is 1. The van der Waals surface area contributed by atoms with Gasteiger partial charge in [0.15, 0.2) is 0 Å². The Balaban J connectivity index is 1.58. The van der Waals surface area contributed by atoms with Crippen molar-refractivity contribution in [3.63, 3.8) is 0 Å². The molecule has 30 heavy (non-hydrogen) atoms. The van der Waals surface area contributed by atoms with Crippen molar-refractivity contribution in [1.29, 1.82) is 0 Å². The van der Waals surface area contributed by atoms with E-state index in [0.29, 0.717) is 18.0 Å². The molecule has 2 heterocycles. The molecule has 152 valence electrons. The number of rotatable bonds is 8. The Labute approximate surface area is 178 Å². The SMILES string of the molecule is O=c1nc(-c2ccccc2)c(-c2ccccc2)nn1C[C@@H](O)COCc1cccs1. The Hall–Kier alpha value is -3.13. The van der Waals surface area contributed by atoms with Gasteiger partial charge in [0.25, 0.3) is 0 Å². The molecule has 4 aromatic rings. The van der Waals surface area contributed by atoms with Gasteiger partial charge in [0.2, 0.25) is 0 Å². The molecular weight excluding hydrogens is 398 g/mol. The van der Waals surface area contributed by atoms with Gasteiger partial charge in [0, 0.05) is 16.0 Å². The summed E-state index contributed by atoms with van der Waals surface area (Å²) < 4.78 is 6.76. The predicted octanol–water partition coefficient (Wildman–Crippen LogP) is 3.61. The van der Waals surface area contributed by atoms with Crippen molar-refractivity contribution in [1.82, 2.24) is 14.8 Å². The summed E-state index contributed by atoms with van der Waals surface area (Å²) in [7, 11) is 0. The lowest BCUT2D eigenvalue weighted by Crippen LogP contribution is -2.33. The molecule has 0 unspecified atom stereocenters. The molecule has 0 aliphatic rings. The van der Waals surface area contributed by atoms with E-state index in [2.05, 4.69) is 10.1 Å². The highest BCUT2D eigenvalue weighted by molar-refractivity contribution is 7.09. The summed E-state index contributed by atoms with van der Waals surface area (Å²) in [5.41, 5.74) is 2.26. The Morgan fingerprint density at radius 3 is 2.23 bits per heavy atom. The van der Waals surface area contributed by atoms with E-state index >= 15 is 0 Å². The Morgan fingerprint density at radius 2 is 1.60 bits per heavy atom. The van der Waals surface area contributed by atoms with Gasteiger partial charge in [-0.2, -0.15) is 10.1 Å². The minimum absolute atomic E-state index is 0.00514. The fourth-order valence-electron chi connectivity index (χ4n) is 3.07. The summed E-state index contributed by atoms with van der Waals surface area (Å²) in [5, 5.41) is 16.9. The largest absolute Gasteiger partial charge is 0.389 e. The van der Waals surface area contributed by atoms with Crippen LogP contribution in [0.5, 0.6) is 0 Å². The molecule has 0 amide bonds. The van der Waals surface area contributed by atoms with E-state index in [9.17, 15) is 9.90 Å². The fourth-order valence-corrected chi connectivity index (χ4v) is 3.71. The zero-order valence-electron chi connectivity index (χ0n) is 16.2. The first-order valence-corrected chi connectivity index (χ1v) is 10.5. The average molecular weight is 420 g/mol. The quantitative estimate of drug-likeness (QED) is 0.472. The van der Waals surface area contributed by atoms with Crippen molar-refractivity contribution in [2.24, 2.45) is 0 Å². The maximum atomic E-state index is 12.6. The number of aromatic nitrogens is 3. The number of benzene rings is 2. The van der Waals surface area contributed by atoms with E-state index in [4.69, 9.17) is 4.74 Å². The first kappa shape index (κ1) is 20.2. The zero-order chi connectivity index (χ0) is 20.8. The standard InChI is InChI=1S/C23H21N3O3S/c27-19(15-29-16-20-12-7-13-30-20)14-26-23(28)24-21(17-8-3-1-4-9-17)22(25-26)18-10-5-2-6-11-18/h1-13,19,27H,14-16H2/t19-/m1/s1. The van der Waals surface area contributed by atoms with Gasteiger partial charge in [-0.3, -0.25) is 0 Å². The van der Waals surface area contributed by atoms with Gasteiger partial charge >= 0.3 is 5.69 Å². The van der Waals surface area contributed by atoms with Crippen LogP contribution in [-0.2, 0) is 17.9 Å². The first-order valence-electron chi connectivity index (χ1n) is 9.59. The summed E-state index contributed by atoms with van der Waals surface area (Å²) in [6.07, 6.45) is -0.872. The molecule has 1 atom stereocenters. The number of ether oxygens (including phenoxy) is 1. The average Bonchev–Trinajstić information content (AvgIpc) is 3.30. The van der Waals surface area contributed by atoms with Crippen molar-refractivity contribution in [2.45, 2.75) is 19.3 Å². The van der Waals surface area contributed by atoms with Gasteiger partial charge in [0.05, 0.1) is 25.9 Å². The van der Waals surface area contributed by atoms with Gasteiger partial charge in [-0.05, 0) is 11.4 Å². The second kappa shape index (κ2) is 9.58. The lowest BCUT2D eigenvalue weighted by Gasteiger charge is -2.14. The van der Waals surface area contributed by atoms with Crippen LogP contribution < -0.4 is 5.69 Å². The topological polar surface area (TPSA) is 77.2 Å². The van der Waals surface area contributed by atoms with Crippen LogP contribution in [0.15, 0.2) is 83.0 Å². The van der Waals surface area contributed by atoms with Crippen LogP contribution in [0.3, 0.4) is 0 Å². The predicted molar refractivity (Wildman–Crippen MR) is 117 cm³/mol. The zero-order valence-corrected chi connectivity index (χ0v) is 17.0. The van der Waals surface area contributed by atoms with Gasteiger partial charge in [-0.25, -0.2) is 9.48 Å². The van der Waals surface area contributed by atoms with Crippen LogP contribution >= 0.6 is 11.3 Å². The molecule has 1 N–H and O–H groups in total. The first-order chi connectivity index (χ1) is 14.7. The van der Waals surface area contributed by atoms with E-state index in [-0.39, 0.29) is 13.2 Å². The van der Waals surface area contributed by atoms with E-state index in [1.165, 1.54) is 4.68 Å². The summed E-state index contributed by atoms with van der Waals surface area (Å²) in [5.74, 6) is 0. The number of thiophene rings is 1. The minimum Gasteiger partial charge on any atom is -0.389 e. The van der Waals surface area contributed by atoms with Crippen LogP contribution in [0.25, 0.3) is 22.5 Å². The molecule has 0 saturated heterocycles. The molecule has 2 aromatic carbocycles. The van der Waals surface area contributed by atoms with Crippen molar-refractivity contribution >= 4 is 11.3 Å². The van der Waals surface area contributed by atoms with Gasteiger partial charge < -0.3 is 9.84 Å². The van der Waals surface area contributed by atoms with Crippen molar-refractivity contribution in [3.05, 3.63) is 93.5 Å². The molecule has 0 fully saturated rings. The van der Waals surface area contributed by atoms with Gasteiger partial charge in [-0.15, -0.1) is 11.3 Å². The molecule has 0 aliphatic carbocycles. The van der Waals surface area contributed by atoms with Crippen LogP contribution in [0.4, 0.5) is 0 Å². The molecule has 0 radical (unpaired) electrons. The molecular formula is C23H21N3O3S. The molecule has 0 spiro atoms. The number of aliphatic hydroxyl groups is 1. The summed E-state index contributed by atoms with van der Waals surface area (Å²) in [4.78, 5) is 18.0. The fraction of sp³-hybridized carbons (Fsp3) is 0.174. The third kappa shape index (κ3) is 4.88. The molecule has 0 saturated carbocycles. The molecule has 0 bridgehead atoms. The molecule has 7 heteroatoms. The van der Waals surface area contributed by atoms with Crippen molar-refractivity contribution in [2.75, 3.05) is 6.61 Å². The molecule has 0 aliphatic heterocycles. The van der Waals surface area contributed by atoms with E-state index in [1.807, 2.05) is 78.2 Å². The summed E-state index contributed by atoms with van der Waals surface area (Å²) >= 11 is 1.60. The second-order valence-corrected chi connectivity index (χ2v) is 7.79. The van der Waals surface area contributed by atoms with Crippen LogP contribution in [0, 0.1) is 0 Å². The number of hydrogen-bond donors (Lipinski definition) is 1. The normalized spacial score (nSPS) is 12.0. The number of hydrogen-bond acceptors (Lipinski definition) is 6. The van der Waals surface area contributed by atoms with Crippen LogP contribution in [-0.4, -0.2) is 32.6 Å². The van der Waals surface area contributed by atoms with E-state index in [1.54, 1.807) is 11.3 Å². The lowest BCUT2D eigenvalue weighted by molar-refractivity contribution is 0.0187. The Bertz CT molecular complexity index is 1130. The van der Waals surface area contributed by atoms with E-state index in [0.717, 1.165) is 16.0 Å². The molecule has 4 rings (SSSR count). The lowest BCUT2D eigenvalue weighted by atomic mass is 10.0.